The zero-order chi connectivity index (χ0) is 21.8. The number of benzene rings is 2. The molecule has 0 N–H and O–H groups in total. The van der Waals surface area contributed by atoms with Gasteiger partial charge in [0, 0.05) is 12.6 Å². The number of alkyl halides is 2. The second kappa shape index (κ2) is 9.08. The summed E-state index contributed by atoms with van der Waals surface area (Å²) in [6.07, 6.45) is 0. The van der Waals surface area contributed by atoms with E-state index in [1.54, 1.807) is 19.2 Å². The van der Waals surface area contributed by atoms with Gasteiger partial charge in [-0.25, -0.2) is 0 Å². The first-order valence-corrected chi connectivity index (χ1v) is 10.0. The van der Waals surface area contributed by atoms with Crippen molar-refractivity contribution in [2.75, 3.05) is 7.11 Å². The summed E-state index contributed by atoms with van der Waals surface area (Å²) in [6.45, 7) is -2.87. The van der Waals surface area contributed by atoms with Crippen LogP contribution in [0.2, 0.25) is 0 Å². The quantitative estimate of drug-likeness (QED) is 0.381. The molecule has 0 aliphatic heterocycles. The van der Waals surface area contributed by atoms with Crippen LogP contribution in [0.1, 0.15) is 5.82 Å². The minimum absolute atomic E-state index is 0.0629. The Labute approximate surface area is 180 Å². The van der Waals surface area contributed by atoms with Crippen LogP contribution in [0, 0.1) is 0 Å². The molecule has 0 bridgehead atoms. The molecule has 0 fully saturated rings. The maximum atomic E-state index is 12.3. The minimum Gasteiger partial charge on any atom is -0.497 e. The maximum Gasteiger partial charge on any atom is 0.387 e. The first-order valence-electron chi connectivity index (χ1n) is 9.04. The topological polar surface area (TPSA) is 92.8 Å². The first kappa shape index (κ1) is 20.7. The maximum absolute atomic E-state index is 12.3. The summed E-state index contributed by atoms with van der Waals surface area (Å²) in [7, 11) is 3.50. The van der Waals surface area contributed by atoms with E-state index in [2.05, 4.69) is 30.5 Å². The first-order chi connectivity index (χ1) is 15.0. The lowest BCUT2D eigenvalue weighted by atomic mass is 10.2. The second-order valence-electron chi connectivity index (χ2n) is 6.26. The minimum atomic E-state index is -2.87. The Morgan fingerprint density at radius 1 is 0.968 bits per heavy atom. The van der Waals surface area contributed by atoms with Crippen LogP contribution in [0.5, 0.6) is 11.5 Å². The molecule has 0 spiro atoms. The van der Waals surface area contributed by atoms with E-state index in [1.165, 1.54) is 28.6 Å². The summed E-state index contributed by atoms with van der Waals surface area (Å²) < 4.78 is 37.6. The van der Waals surface area contributed by atoms with E-state index in [-0.39, 0.29) is 5.75 Å². The summed E-state index contributed by atoms with van der Waals surface area (Å²) in [5, 5.41) is 21.0. The largest absolute Gasteiger partial charge is 0.497 e. The highest BCUT2D eigenvalue weighted by Crippen LogP contribution is 2.26. The Morgan fingerprint density at radius 3 is 2.35 bits per heavy atom. The molecule has 0 saturated carbocycles. The van der Waals surface area contributed by atoms with Crippen molar-refractivity contribution in [3.63, 3.8) is 0 Å². The number of methoxy groups -OCH3 is 1. The van der Waals surface area contributed by atoms with Gasteiger partial charge in [-0.05, 0) is 59.0 Å². The van der Waals surface area contributed by atoms with Gasteiger partial charge in [-0.2, -0.15) is 13.5 Å². The van der Waals surface area contributed by atoms with Crippen LogP contribution in [0.15, 0.2) is 53.7 Å². The van der Waals surface area contributed by atoms with Gasteiger partial charge in [-0.3, -0.25) is 0 Å². The van der Waals surface area contributed by atoms with Crippen LogP contribution >= 0.6 is 11.8 Å². The van der Waals surface area contributed by atoms with Crippen LogP contribution in [-0.4, -0.2) is 48.7 Å². The second-order valence-corrected chi connectivity index (χ2v) is 7.20. The smallest absolute Gasteiger partial charge is 0.387 e. The number of hydrogen-bond acceptors (Lipinski definition) is 8. The van der Waals surface area contributed by atoms with Gasteiger partial charge in [0.25, 0.3) is 0 Å². The normalized spacial score (nSPS) is 11.1. The molecule has 0 atom stereocenters. The molecule has 2 aromatic carbocycles. The predicted molar refractivity (Wildman–Crippen MR) is 108 cm³/mol. The van der Waals surface area contributed by atoms with Gasteiger partial charge in [0.1, 0.15) is 11.5 Å². The third kappa shape index (κ3) is 4.63. The summed E-state index contributed by atoms with van der Waals surface area (Å²) in [5.74, 6) is 2.55. The highest BCUT2D eigenvalue weighted by molar-refractivity contribution is 7.98. The molecule has 0 aliphatic carbocycles. The zero-order valence-corrected chi connectivity index (χ0v) is 17.3. The van der Waals surface area contributed by atoms with Crippen molar-refractivity contribution in [3.8, 4) is 28.6 Å². The van der Waals surface area contributed by atoms with E-state index in [1.807, 2.05) is 35.9 Å². The molecule has 12 heteroatoms. The van der Waals surface area contributed by atoms with Crippen molar-refractivity contribution >= 4 is 11.8 Å². The molecule has 4 rings (SSSR count). The zero-order valence-electron chi connectivity index (χ0n) is 16.5. The monoisotopic (exact) mass is 445 g/mol. The Morgan fingerprint density at radius 2 is 1.68 bits per heavy atom. The highest BCUT2D eigenvalue weighted by atomic mass is 32.2. The number of halogens is 2. The number of aromatic nitrogens is 7. The van der Waals surface area contributed by atoms with Crippen LogP contribution in [0.25, 0.3) is 17.1 Å². The third-order valence-electron chi connectivity index (χ3n) is 4.35. The number of nitrogens with zero attached hydrogens (tertiary/aromatic N) is 7. The fourth-order valence-electron chi connectivity index (χ4n) is 2.83. The van der Waals surface area contributed by atoms with Crippen molar-refractivity contribution in [1.29, 1.82) is 0 Å². The Bertz CT molecular complexity index is 1150. The van der Waals surface area contributed by atoms with Crippen molar-refractivity contribution in [3.05, 3.63) is 54.4 Å². The van der Waals surface area contributed by atoms with E-state index >= 15 is 0 Å². The lowest BCUT2D eigenvalue weighted by Crippen LogP contribution is -2.04. The van der Waals surface area contributed by atoms with E-state index in [9.17, 15) is 8.78 Å². The van der Waals surface area contributed by atoms with E-state index in [0.717, 1.165) is 17.1 Å². The number of ether oxygens (including phenoxy) is 2. The lowest BCUT2D eigenvalue weighted by Gasteiger charge is -2.07. The molecule has 0 unspecified atom stereocenters. The molecule has 2 aromatic heterocycles. The number of tetrazole rings is 1. The number of thioether (sulfide) groups is 1. The molecule has 0 saturated heterocycles. The van der Waals surface area contributed by atoms with E-state index in [0.29, 0.717) is 22.4 Å². The van der Waals surface area contributed by atoms with Crippen LogP contribution in [-0.2, 0) is 12.8 Å². The third-order valence-corrected chi connectivity index (χ3v) is 5.37. The van der Waals surface area contributed by atoms with Gasteiger partial charge in [0.05, 0.1) is 18.6 Å². The molecule has 4 aromatic rings. The van der Waals surface area contributed by atoms with Crippen molar-refractivity contribution in [2.45, 2.75) is 17.5 Å². The Kier molecular flexibility index (Phi) is 6.07. The van der Waals surface area contributed by atoms with Crippen LogP contribution < -0.4 is 9.47 Å². The molecule has 2 heterocycles. The van der Waals surface area contributed by atoms with Gasteiger partial charge < -0.3 is 14.0 Å². The van der Waals surface area contributed by atoms with E-state index in [4.69, 9.17) is 4.74 Å². The fraction of sp³-hybridized carbons (Fsp3) is 0.211. The molecule has 0 amide bonds. The molecule has 160 valence electrons. The predicted octanol–water partition coefficient (Wildman–Crippen LogP) is 3.36. The molecule has 0 aliphatic rings. The van der Waals surface area contributed by atoms with Gasteiger partial charge in [-0.1, -0.05) is 11.8 Å². The molecular formula is C19H17F2N7O2S. The Hall–Kier alpha value is -3.54. The summed E-state index contributed by atoms with van der Waals surface area (Å²) in [5.41, 5.74) is 1.54. The lowest BCUT2D eigenvalue weighted by molar-refractivity contribution is -0.0498. The van der Waals surface area contributed by atoms with Gasteiger partial charge in [0.15, 0.2) is 16.8 Å². The van der Waals surface area contributed by atoms with Crippen LogP contribution in [0.3, 0.4) is 0 Å². The molecule has 0 radical (unpaired) electrons. The van der Waals surface area contributed by atoms with E-state index < -0.39 is 6.61 Å². The summed E-state index contributed by atoms with van der Waals surface area (Å²) in [6, 6.07) is 13.6. The van der Waals surface area contributed by atoms with Crippen LogP contribution in [0.4, 0.5) is 8.78 Å². The SMILES string of the molecule is COc1ccc(-c2nnc(SCc3nnnn3-c3ccc(OC(F)F)cc3)n2C)cc1. The molecule has 9 nitrogen and oxygen atoms in total. The number of rotatable bonds is 8. The highest BCUT2D eigenvalue weighted by Gasteiger charge is 2.15. The van der Waals surface area contributed by atoms with Crippen molar-refractivity contribution in [2.24, 2.45) is 7.05 Å². The standard InChI is InChI=1S/C19H17F2N7O2S/c1-27-17(12-3-7-14(29-2)8-4-12)23-24-19(27)31-11-16-22-25-26-28(16)13-5-9-15(10-6-13)30-18(20)21/h3-10,18H,11H2,1-2H3. The fourth-order valence-corrected chi connectivity index (χ4v) is 3.64. The number of hydrogen-bond donors (Lipinski definition) is 0. The van der Waals surface area contributed by atoms with Gasteiger partial charge in [0.2, 0.25) is 0 Å². The van der Waals surface area contributed by atoms with Crippen molar-refractivity contribution in [1.82, 2.24) is 35.0 Å². The van der Waals surface area contributed by atoms with Gasteiger partial charge in [-0.15, -0.1) is 15.3 Å². The van der Waals surface area contributed by atoms with Gasteiger partial charge >= 0.3 is 6.61 Å². The summed E-state index contributed by atoms with van der Waals surface area (Å²) >= 11 is 1.43. The average molecular weight is 445 g/mol. The average Bonchev–Trinajstić information content (AvgIpc) is 3.39. The Balaban J connectivity index is 1.47. The molecule has 31 heavy (non-hydrogen) atoms. The molecular weight excluding hydrogens is 428 g/mol. The summed E-state index contributed by atoms with van der Waals surface area (Å²) in [4.78, 5) is 0. The van der Waals surface area contributed by atoms with Crippen molar-refractivity contribution < 1.29 is 18.3 Å².